The van der Waals surface area contributed by atoms with Gasteiger partial charge in [-0.2, -0.15) is 15.0 Å². The van der Waals surface area contributed by atoms with E-state index in [-0.39, 0.29) is 18.0 Å². The largest absolute Gasteiger partial charge is 0.396 e. The summed E-state index contributed by atoms with van der Waals surface area (Å²) >= 11 is 0. The number of nitrogens with zero attached hydrogens (tertiary/aromatic N) is 4. The highest BCUT2D eigenvalue weighted by Crippen LogP contribution is 2.41. The van der Waals surface area contributed by atoms with Crippen molar-refractivity contribution in [3.05, 3.63) is 35.7 Å². The maximum Gasteiger partial charge on any atom is 0.232 e. The quantitative estimate of drug-likeness (QED) is 0.726. The number of hydrogen-bond acceptors (Lipinski definition) is 8. The van der Waals surface area contributed by atoms with E-state index in [1.54, 1.807) is 0 Å². The van der Waals surface area contributed by atoms with Gasteiger partial charge in [0, 0.05) is 30.1 Å². The third-order valence-electron chi connectivity index (χ3n) is 5.24. The van der Waals surface area contributed by atoms with E-state index in [0.29, 0.717) is 37.4 Å². The van der Waals surface area contributed by atoms with Gasteiger partial charge in [-0.05, 0) is 24.6 Å². The van der Waals surface area contributed by atoms with E-state index in [2.05, 4.69) is 25.2 Å². The molecule has 0 bridgehead atoms. The van der Waals surface area contributed by atoms with Crippen molar-refractivity contribution in [1.29, 1.82) is 0 Å². The summed E-state index contributed by atoms with van der Waals surface area (Å²) in [5.74, 6) is 1.63. The number of fused-ring (bicyclic) bond motifs is 1. The third-order valence-corrected chi connectivity index (χ3v) is 5.24. The lowest BCUT2D eigenvalue weighted by Crippen LogP contribution is -2.34. The number of nitrogens with two attached hydrogens (primary N) is 1. The summed E-state index contributed by atoms with van der Waals surface area (Å²) in [7, 11) is 0. The maximum absolute atomic E-state index is 9.81. The highest BCUT2D eigenvalue weighted by Gasteiger charge is 2.50. The van der Waals surface area contributed by atoms with Gasteiger partial charge in [0.05, 0.1) is 26.4 Å². The summed E-state index contributed by atoms with van der Waals surface area (Å²) in [6.07, 6.45) is 0. The number of aromatic nitrogens is 3. The van der Waals surface area contributed by atoms with Crippen LogP contribution in [0.2, 0.25) is 0 Å². The van der Waals surface area contributed by atoms with Gasteiger partial charge in [-0.25, -0.2) is 0 Å². The van der Waals surface area contributed by atoms with Crippen LogP contribution in [0.3, 0.4) is 0 Å². The zero-order valence-electron chi connectivity index (χ0n) is 14.9. The lowest BCUT2D eigenvalue weighted by atomic mass is 9.82. The van der Waals surface area contributed by atoms with Crippen molar-refractivity contribution >= 4 is 17.6 Å². The van der Waals surface area contributed by atoms with Gasteiger partial charge in [0.2, 0.25) is 11.9 Å². The molecule has 0 unspecified atom stereocenters. The van der Waals surface area contributed by atoms with Crippen LogP contribution in [0.1, 0.15) is 11.4 Å². The molecule has 2 fully saturated rings. The average molecular weight is 356 g/mol. The molecule has 3 heterocycles. The summed E-state index contributed by atoms with van der Waals surface area (Å²) in [4.78, 5) is 15.2. The Balaban J connectivity index is 1.48. The lowest BCUT2D eigenvalue weighted by molar-refractivity contribution is 0.0798. The number of aliphatic hydroxyl groups excluding tert-OH is 1. The molecule has 1 aromatic heterocycles. The number of anilines is 3. The van der Waals surface area contributed by atoms with Gasteiger partial charge in [0.25, 0.3) is 0 Å². The molecule has 0 spiro atoms. The van der Waals surface area contributed by atoms with Crippen LogP contribution in [0.5, 0.6) is 0 Å². The van der Waals surface area contributed by atoms with E-state index in [4.69, 9.17) is 10.5 Å². The van der Waals surface area contributed by atoms with Gasteiger partial charge >= 0.3 is 0 Å². The first-order valence-electron chi connectivity index (χ1n) is 8.81. The molecular formula is C18H24N6O2. The first kappa shape index (κ1) is 17.1. The minimum atomic E-state index is -0.152. The van der Waals surface area contributed by atoms with Crippen LogP contribution in [-0.4, -0.2) is 57.9 Å². The van der Waals surface area contributed by atoms with Gasteiger partial charge in [0.1, 0.15) is 5.82 Å². The van der Waals surface area contributed by atoms with Gasteiger partial charge < -0.3 is 20.9 Å². The van der Waals surface area contributed by atoms with Crippen LogP contribution >= 0.6 is 0 Å². The number of likely N-dealkylation sites (tertiary alicyclic amines) is 1. The molecule has 8 nitrogen and oxygen atoms in total. The molecule has 0 radical (unpaired) electrons. The molecule has 4 rings (SSSR count). The van der Waals surface area contributed by atoms with Gasteiger partial charge in [-0.3, -0.25) is 4.90 Å². The van der Waals surface area contributed by atoms with Crippen molar-refractivity contribution in [2.45, 2.75) is 13.5 Å². The molecule has 2 saturated heterocycles. The van der Waals surface area contributed by atoms with Crippen LogP contribution in [-0.2, 0) is 11.3 Å². The first-order valence-corrected chi connectivity index (χ1v) is 8.81. The van der Waals surface area contributed by atoms with Gasteiger partial charge in [-0.15, -0.1) is 0 Å². The summed E-state index contributed by atoms with van der Waals surface area (Å²) in [6, 6.07) is 7.98. The maximum atomic E-state index is 9.81. The summed E-state index contributed by atoms with van der Waals surface area (Å²) < 4.78 is 5.56. The second-order valence-corrected chi connectivity index (χ2v) is 7.33. The Kier molecular flexibility index (Phi) is 4.47. The number of aliphatic hydroxyl groups is 1. The first-order chi connectivity index (χ1) is 12.6. The molecule has 2 aliphatic rings. The van der Waals surface area contributed by atoms with Gasteiger partial charge in [0.15, 0.2) is 0 Å². The fourth-order valence-corrected chi connectivity index (χ4v) is 3.90. The smallest absolute Gasteiger partial charge is 0.232 e. The molecule has 2 atom stereocenters. The van der Waals surface area contributed by atoms with Crippen LogP contribution in [0.15, 0.2) is 24.3 Å². The van der Waals surface area contributed by atoms with Crippen molar-refractivity contribution in [3.63, 3.8) is 0 Å². The lowest BCUT2D eigenvalue weighted by Gasteiger charge is -2.24. The molecule has 8 heteroatoms. The molecule has 0 aliphatic carbocycles. The molecule has 0 amide bonds. The third kappa shape index (κ3) is 3.35. The minimum Gasteiger partial charge on any atom is -0.396 e. The van der Waals surface area contributed by atoms with Crippen molar-refractivity contribution in [3.8, 4) is 0 Å². The second-order valence-electron chi connectivity index (χ2n) is 7.33. The van der Waals surface area contributed by atoms with E-state index in [0.717, 1.165) is 24.3 Å². The molecule has 2 aromatic rings. The second kappa shape index (κ2) is 6.79. The zero-order chi connectivity index (χ0) is 18.1. The summed E-state index contributed by atoms with van der Waals surface area (Å²) in [6.45, 7) is 5.72. The Morgan fingerprint density at radius 1 is 1.38 bits per heavy atom. The SMILES string of the molecule is Cc1cccc(Nc2nc(N)nc(CN3C[C@H]4COC[C@@]4(CO)C3)n2)c1. The fraction of sp³-hybridized carbons (Fsp3) is 0.500. The number of ether oxygens (including phenoxy) is 1. The monoisotopic (exact) mass is 356 g/mol. The van der Waals surface area contributed by atoms with Crippen LogP contribution < -0.4 is 11.1 Å². The predicted molar refractivity (Wildman–Crippen MR) is 97.8 cm³/mol. The Morgan fingerprint density at radius 2 is 2.27 bits per heavy atom. The predicted octanol–water partition coefficient (Wildman–Crippen LogP) is 0.947. The minimum absolute atomic E-state index is 0.146. The molecule has 138 valence electrons. The van der Waals surface area contributed by atoms with Crippen LogP contribution in [0.4, 0.5) is 17.6 Å². The number of benzene rings is 1. The van der Waals surface area contributed by atoms with E-state index in [1.807, 2.05) is 31.2 Å². The Morgan fingerprint density at radius 3 is 3.04 bits per heavy atom. The Hall–Kier alpha value is -2.29. The van der Waals surface area contributed by atoms with E-state index in [9.17, 15) is 5.11 Å². The van der Waals surface area contributed by atoms with Gasteiger partial charge in [-0.1, -0.05) is 12.1 Å². The fourth-order valence-electron chi connectivity index (χ4n) is 3.90. The number of nitrogen functional groups attached to an aromatic ring is 1. The van der Waals surface area contributed by atoms with Crippen LogP contribution in [0.25, 0.3) is 0 Å². The molecule has 0 saturated carbocycles. The number of rotatable bonds is 5. The van der Waals surface area contributed by atoms with Crippen molar-refractivity contribution in [2.75, 3.05) is 44.0 Å². The Bertz CT molecular complexity index is 801. The number of aryl methyl sites for hydroxylation is 1. The van der Waals surface area contributed by atoms with Crippen LogP contribution in [0, 0.1) is 18.3 Å². The molecule has 4 N–H and O–H groups in total. The van der Waals surface area contributed by atoms with E-state index < -0.39 is 0 Å². The highest BCUT2D eigenvalue weighted by atomic mass is 16.5. The molecular weight excluding hydrogens is 332 g/mol. The van der Waals surface area contributed by atoms with E-state index in [1.165, 1.54) is 0 Å². The standard InChI is InChI=1S/C18H24N6O2/c1-12-3-2-4-14(5-12)20-17-22-15(21-16(19)23-17)7-24-6-13-8-26-11-18(13,9-24)10-25/h2-5,13,25H,6-11H2,1H3,(H3,19,20,21,22,23)/t13-,18-/m0/s1. The topological polar surface area (TPSA) is 109 Å². The summed E-state index contributed by atoms with van der Waals surface area (Å²) in [5.41, 5.74) is 7.79. The number of nitrogens with one attached hydrogen (secondary N) is 1. The normalized spacial score (nSPS) is 25.4. The Labute approximate surface area is 152 Å². The molecule has 2 aliphatic heterocycles. The van der Waals surface area contributed by atoms with Crippen molar-refractivity contribution in [2.24, 2.45) is 11.3 Å². The number of hydrogen-bond donors (Lipinski definition) is 3. The van der Waals surface area contributed by atoms with Crippen molar-refractivity contribution in [1.82, 2.24) is 19.9 Å². The van der Waals surface area contributed by atoms with Crippen molar-refractivity contribution < 1.29 is 9.84 Å². The molecule has 26 heavy (non-hydrogen) atoms. The molecule has 1 aromatic carbocycles. The zero-order valence-corrected chi connectivity index (χ0v) is 14.9. The summed E-state index contributed by atoms with van der Waals surface area (Å²) in [5, 5.41) is 13.0. The van der Waals surface area contributed by atoms with E-state index >= 15 is 0 Å². The highest BCUT2D eigenvalue weighted by molar-refractivity contribution is 5.54. The average Bonchev–Trinajstić information content (AvgIpc) is 3.11.